The van der Waals surface area contributed by atoms with E-state index < -0.39 is 0 Å². The molecule has 14 heavy (non-hydrogen) atoms. The first-order valence-corrected chi connectivity index (χ1v) is 5.34. The second-order valence-electron chi connectivity index (χ2n) is 4.40. The lowest BCUT2D eigenvalue weighted by molar-refractivity contribution is 0.313. The van der Waals surface area contributed by atoms with Gasteiger partial charge in [0.1, 0.15) is 0 Å². The van der Waals surface area contributed by atoms with Gasteiger partial charge in [-0.2, -0.15) is 0 Å². The molecule has 0 amide bonds. The van der Waals surface area contributed by atoms with Crippen LogP contribution in [0.4, 0.5) is 0 Å². The molecule has 0 aliphatic carbocycles. The molecule has 0 aliphatic heterocycles. The van der Waals surface area contributed by atoms with Gasteiger partial charge in [0.15, 0.2) is 0 Å². The lowest BCUT2D eigenvalue weighted by atomic mass is 10.0. The predicted octanol–water partition coefficient (Wildman–Crippen LogP) is 1.58. The highest BCUT2D eigenvalue weighted by Gasteiger charge is 2.10. The van der Waals surface area contributed by atoms with Gasteiger partial charge >= 0.3 is 0 Å². The Morgan fingerprint density at radius 1 is 1.29 bits per heavy atom. The van der Waals surface area contributed by atoms with Gasteiger partial charge in [-0.05, 0) is 33.4 Å². The third kappa shape index (κ3) is 8.10. The van der Waals surface area contributed by atoms with Crippen molar-refractivity contribution in [3.05, 3.63) is 0 Å². The highest BCUT2D eigenvalue weighted by molar-refractivity contribution is 4.97. The lowest BCUT2D eigenvalue weighted by Gasteiger charge is -2.23. The van der Waals surface area contributed by atoms with Crippen LogP contribution in [0.3, 0.4) is 0 Å². The maximum Gasteiger partial charge on any atom is 0.0578 e. The van der Waals surface area contributed by atoms with E-state index in [-0.39, 0.29) is 0 Å². The average molecular weight is 196 g/mol. The second-order valence-corrected chi connectivity index (χ2v) is 4.40. The van der Waals surface area contributed by atoms with Crippen molar-refractivity contribution in [3.8, 4) is 11.8 Å². The fraction of sp³-hybridized carbons (Fsp3) is 0.833. The number of nitrogens with zero attached hydrogens (tertiary/aromatic N) is 1. The van der Waals surface area contributed by atoms with Crippen molar-refractivity contribution >= 4 is 0 Å². The Labute approximate surface area is 89.1 Å². The molecule has 0 aromatic carbocycles. The summed E-state index contributed by atoms with van der Waals surface area (Å²) >= 11 is 0. The van der Waals surface area contributed by atoms with Gasteiger partial charge in [-0.15, -0.1) is 5.92 Å². The summed E-state index contributed by atoms with van der Waals surface area (Å²) < 4.78 is 0. The van der Waals surface area contributed by atoms with Crippen LogP contribution in [0.25, 0.3) is 0 Å². The van der Waals surface area contributed by atoms with E-state index in [0.717, 1.165) is 19.0 Å². The van der Waals surface area contributed by atoms with Gasteiger partial charge in [-0.3, -0.25) is 0 Å². The fourth-order valence-electron chi connectivity index (χ4n) is 1.52. The molecule has 0 aliphatic rings. The first-order chi connectivity index (χ1) is 6.56. The van der Waals surface area contributed by atoms with Crippen molar-refractivity contribution < 1.29 is 0 Å². The molecule has 1 unspecified atom stereocenters. The molecule has 0 rings (SSSR count). The van der Waals surface area contributed by atoms with Crippen molar-refractivity contribution in [1.29, 1.82) is 0 Å². The summed E-state index contributed by atoms with van der Waals surface area (Å²) in [6, 6.07) is 0.561. The minimum Gasteiger partial charge on any atom is -0.308 e. The van der Waals surface area contributed by atoms with Gasteiger partial charge in [0, 0.05) is 12.6 Å². The molecule has 0 radical (unpaired) electrons. The molecule has 0 aromatic heterocycles. The Balaban J connectivity index is 3.88. The molecule has 0 spiro atoms. The van der Waals surface area contributed by atoms with Crippen molar-refractivity contribution in [3.63, 3.8) is 0 Å². The number of hydrogen-bond donors (Lipinski definition) is 1. The zero-order chi connectivity index (χ0) is 11.0. The summed E-state index contributed by atoms with van der Waals surface area (Å²) in [5.41, 5.74) is 0. The zero-order valence-electron chi connectivity index (χ0n) is 10.2. The topological polar surface area (TPSA) is 15.3 Å². The molecule has 0 heterocycles. The molecule has 82 valence electrons. The summed E-state index contributed by atoms with van der Waals surface area (Å²) in [5.74, 6) is 6.69. The van der Waals surface area contributed by atoms with Crippen molar-refractivity contribution in [1.82, 2.24) is 10.2 Å². The summed E-state index contributed by atoms with van der Waals surface area (Å²) in [6.07, 6.45) is 1.21. The molecule has 1 atom stereocenters. The molecule has 0 aromatic rings. The van der Waals surface area contributed by atoms with Crippen LogP contribution in [0.15, 0.2) is 0 Å². The quantitative estimate of drug-likeness (QED) is 0.649. The van der Waals surface area contributed by atoms with Crippen LogP contribution in [0, 0.1) is 17.8 Å². The van der Waals surface area contributed by atoms with Gasteiger partial charge in [-0.1, -0.05) is 19.8 Å². The number of rotatable bonds is 6. The maximum absolute atomic E-state index is 3.47. The SMILES string of the molecule is CC#CCNC(CC(C)C)CN(C)C. The van der Waals surface area contributed by atoms with E-state index in [2.05, 4.69) is 50.0 Å². The van der Waals surface area contributed by atoms with Crippen LogP contribution >= 0.6 is 0 Å². The summed E-state index contributed by atoms with van der Waals surface area (Å²) in [6.45, 7) is 8.29. The number of nitrogens with one attached hydrogen (secondary N) is 1. The normalized spacial score (nSPS) is 12.8. The second kappa shape index (κ2) is 7.84. The molecular weight excluding hydrogens is 172 g/mol. The Morgan fingerprint density at radius 2 is 1.93 bits per heavy atom. The van der Waals surface area contributed by atoms with Crippen molar-refractivity contribution in [2.75, 3.05) is 27.2 Å². The number of hydrogen-bond acceptors (Lipinski definition) is 2. The van der Waals surface area contributed by atoms with Gasteiger partial charge in [0.05, 0.1) is 6.54 Å². The first-order valence-electron chi connectivity index (χ1n) is 5.34. The lowest BCUT2D eigenvalue weighted by Crippen LogP contribution is -2.39. The largest absolute Gasteiger partial charge is 0.308 e. The molecule has 0 saturated carbocycles. The van der Waals surface area contributed by atoms with E-state index in [1.807, 2.05) is 6.92 Å². The Kier molecular flexibility index (Phi) is 7.55. The average Bonchev–Trinajstić information content (AvgIpc) is 2.02. The molecular formula is C12H24N2. The minimum absolute atomic E-state index is 0.561. The van der Waals surface area contributed by atoms with Gasteiger partial charge in [-0.25, -0.2) is 0 Å². The molecule has 0 fully saturated rings. The highest BCUT2D eigenvalue weighted by Crippen LogP contribution is 2.04. The van der Waals surface area contributed by atoms with E-state index >= 15 is 0 Å². The monoisotopic (exact) mass is 196 g/mol. The van der Waals surface area contributed by atoms with Gasteiger partial charge in [0.25, 0.3) is 0 Å². The molecule has 2 nitrogen and oxygen atoms in total. The minimum atomic E-state index is 0.561. The standard InChI is InChI=1S/C12H24N2/c1-6-7-8-13-12(9-11(2)3)10-14(4)5/h11-13H,8-10H2,1-5H3. The Bertz CT molecular complexity index is 176. The highest BCUT2D eigenvalue weighted by atomic mass is 15.1. The Hall–Kier alpha value is -0.520. The van der Waals surface area contributed by atoms with Crippen molar-refractivity contribution in [2.45, 2.75) is 33.2 Å². The van der Waals surface area contributed by atoms with Crippen LogP contribution in [0.1, 0.15) is 27.2 Å². The molecule has 1 N–H and O–H groups in total. The van der Waals surface area contributed by atoms with E-state index in [4.69, 9.17) is 0 Å². The van der Waals surface area contributed by atoms with E-state index in [1.54, 1.807) is 0 Å². The smallest absolute Gasteiger partial charge is 0.0578 e. The molecule has 0 bridgehead atoms. The number of likely N-dealkylation sites (N-methyl/N-ethyl adjacent to an activating group) is 1. The van der Waals surface area contributed by atoms with Gasteiger partial charge in [0.2, 0.25) is 0 Å². The summed E-state index contributed by atoms with van der Waals surface area (Å²) in [5, 5.41) is 3.47. The Morgan fingerprint density at radius 3 is 2.36 bits per heavy atom. The fourth-order valence-corrected chi connectivity index (χ4v) is 1.52. The third-order valence-corrected chi connectivity index (χ3v) is 2.00. The van der Waals surface area contributed by atoms with Crippen LogP contribution in [-0.2, 0) is 0 Å². The predicted molar refractivity (Wildman–Crippen MR) is 63.2 cm³/mol. The van der Waals surface area contributed by atoms with Crippen LogP contribution in [0.2, 0.25) is 0 Å². The van der Waals surface area contributed by atoms with Crippen LogP contribution < -0.4 is 5.32 Å². The zero-order valence-corrected chi connectivity index (χ0v) is 10.2. The van der Waals surface area contributed by atoms with E-state index in [9.17, 15) is 0 Å². The molecule has 2 heteroatoms. The van der Waals surface area contributed by atoms with Crippen LogP contribution in [0.5, 0.6) is 0 Å². The molecule has 0 saturated heterocycles. The maximum atomic E-state index is 3.47. The third-order valence-electron chi connectivity index (χ3n) is 2.00. The van der Waals surface area contributed by atoms with E-state index in [1.165, 1.54) is 6.42 Å². The van der Waals surface area contributed by atoms with Crippen LogP contribution in [-0.4, -0.2) is 38.1 Å². The van der Waals surface area contributed by atoms with Gasteiger partial charge < -0.3 is 10.2 Å². The summed E-state index contributed by atoms with van der Waals surface area (Å²) in [4.78, 5) is 2.22. The van der Waals surface area contributed by atoms with E-state index in [0.29, 0.717) is 6.04 Å². The van der Waals surface area contributed by atoms with Crippen molar-refractivity contribution in [2.24, 2.45) is 5.92 Å². The summed E-state index contributed by atoms with van der Waals surface area (Å²) in [7, 11) is 4.22. The first kappa shape index (κ1) is 13.5.